The Kier molecular flexibility index (Phi) is 47.7. The molecule has 0 aromatic rings. The summed E-state index contributed by atoms with van der Waals surface area (Å²) in [6, 6.07) is -0.724. The molecule has 0 rings (SSSR count). The van der Waals surface area contributed by atoms with Crippen molar-refractivity contribution >= 4 is 11.9 Å². The van der Waals surface area contributed by atoms with Gasteiger partial charge in [-0.2, -0.15) is 0 Å². The van der Waals surface area contributed by atoms with Crippen molar-refractivity contribution in [3.63, 3.8) is 0 Å². The van der Waals surface area contributed by atoms with Gasteiger partial charge in [0.05, 0.1) is 25.2 Å². The molecule has 0 aromatic heterocycles. The van der Waals surface area contributed by atoms with E-state index in [-0.39, 0.29) is 31.3 Å². The number of carbonyl (C=O) groups is 2. The van der Waals surface area contributed by atoms with Crippen molar-refractivity contribution in [2.75, 3.05) is 6.61 Å². The number of carbonyl (C=O) groups excluding carboxylic acids is 2. The molecule has 6 heteroatoms. The van der Waals surface area contributed by atoms with Crippen LogP contribution in [0.4, 0.5) is 0 Å². The molecule has 0 aromatic carbocycles. The van der Waals surface area contributed by atoms with Crippen LogP contribution in [0.15, 0.2) is 85.1 Å². The first-order chi connectivity index (χ1) is 31.0. The summed E-state index contributed by atoms with van der Waals surface area (Å²) in [7, 11) is 0. The van der Waals surface area contributed by atoms with Gasteiger partial charge < -0.3 is 20.3 Å². The van der Waals surface area contributed by atoms with Crippen molar-refractivity contribution in [2.24, 2.45) is 0 Å². The fourth-order valence-electron chi connectivity index (χ4n) is 7.52. The molecule has 3 N–H and O–H groups in total. The normalized spacial score (nSPS) is 13.9. The van der Waals surface area contributed by atoms with Crippen LogP contribution in [0.2, 0.25) is 0 Å². The molecule has 3 unspecified atom stereocenters. The van der Waals surface area contributed by atoms with Crippen LogP contribution in [0.3, 0.4) is 0 Å². The van der Waals surface area contributed by atoms with Crippen molar-refractivity contribution in [1.29, 1.82) is 0 Å². The van der Waals surface area contributed by atoms with Crippen LogP contribution in [0, 0.1) is 0 Å². The van der Waals surface area contributed by atoms with E-state index in [2.05, 4.69) is 105 Å². The zero-order valence-corrected chi connectivity index (χ0v) is 41.2. The zero-order valence-electron chi connectivity index (χ0n) is 41.2. The second-order valence-electron chi connectivity index (χ2n) is 17.5. The van der Waals surface area contributed by atoms with Gasteiger partial charge in [-0.15, -0.1) is 0 Å². The third-order valence-electron chi connectivity index (χ3n) is 11.5. The van der Waals surface area contributed by atoms with E-state index in [0.717, 1.165) is 96.3 Å². The van der Waals surface area contributed by atoms with Crippen LogP contribution in [-0.2, 0) is 14.3 Å². The van der Waals surface area contributed by atoms with Gasteiger partial charge >= 0.3 is 5.97 Å². The maximum Gasteiger partial charge on any atom is 0.306 e. The predicted molar refractivity (Wildman–Crippen MR) is 273 cm³/mol. The maximum absolute atomic E-state index is 13.2. The van der Waals surface area contributed by atoms with Crippen molar-refractivity contribution in [3.05, 3.63) is 85.1 Å². The smallest absolute Gasteiger partial charge is 0.306 e. The lowest BCUT2D eigenvalue weighted by Gasteiger charge is -2.24. The lowest BCUT2D eigenvalue weighted by atomic mass is 10.0. The predicted octanol–water partition coefficient (Wildman–Crippen LogP) is 16.0. The zero-order chi connectivity index (χ0) is 45.9. The quantitative estimate of drug-likeness (QED) is 0.0322. The second kappa shape index (κ2) is 50.0. The van der Waals surface area contributed by atoms with Gasteiger partial charge in [0, 0.05) is 6.42 Å². The summed E-state index contributed by atoms with van der Waals surface area (Å²) in [4.78, 5) is 26.0. The lowest BCUT2D eigenvalue weighted by molar-refractivity contribution is -0.150. The molecule has 6 nitrogen and oxygen atoms in total. The van der Waals surface area contributed by atoms with Crippen molar-refractivity contribution in [1.82, 2.24) is 5.32 Å². The highest BCUT2D eigenvalue weighted by Crippen LogP contribution is 2.17. The van der Waals surface area contributed by atoms with Crippen molar-refractivity contribution in [3.8, 4) is 0 Å². The third kappa shape index (κ3) is 45.4. The Morgan fingerprint density at radius 3 is 1.37 bits per heavy atom. The summed E-state index contributed by atoms with van der Waals surface area (Å²) >= 11 is 0. The van der Waals surface area contributed by atoms with Crippen LogP contribution in [-0.4, -0.2) is 46.9 Å². The number of nitrogens with one attached hydrogen (secondary N) is 1. The second-order valence-corrected chi connectivity index (χ2v) is 17.5. The molecule has 0 bridgehead atoms. The van der Waals surface area contributed by atoms with Crippen LogP contribution >= 0.6 is 0 Å². The number of aliphatic hydroxyl groups is 2. The summed E-state index contributed by atoms with van der Waals surface area (Å²) in [5.74, 6) is -0.597. The van der Waals surface area contributed by atoms with Gasteiger partial charge in [-0.3, -0.25) is 9.59 Å². The summed E-state index contributed by atoms with van der Waals surface area (Å²) in [6.45, 7) is 6.28. The van der Waals surface area contributed by atoms with Gasteiger partial charge in [0.15, 0.2) is 0 Å². The summed E-state index contributed by atoms with van der Waals surface area (Å²) in [5, 5.41) is 23.7. The topological polar surface area (TPSA) is 95.9 Å². The standard InChI is InChI=1S/C57H99NO5/c1-4-7-10-13-16-19-21-23-25-27-28-30-32-34-36-38-41-44-47-50-57(62)63-53(48-45-42-39-18-15-12-9-6-3)51-56(61)58-54(52-59)55(60)49-46-43-40-37-35-33-31-29-26-24-22-20-17-14-11-8-5-2/h7,10,12,15-16,19,23,25,28,30,34,36,41,44,53-55,59-60H,4-6,8-9,11,13-14,17-18,20-22,24,26-27,29,31-33,35,37-40,42-43,45-52H2,1-3H3,(H,58,61)/b10-7-,15-12-,19-16-,25-23-,30-28-,36-34-,44-41-. The van der Waals surface area contributed by atoms with E-state index in [1.165, 1.54) is 89.9 Å². The van der Waals surface area contributed by atoms with Gasteiger partial charge in [-0.25, -0.2) is 0 Å². The molecule has 362 valence electrons. The molecule has 0 fully saturated rings. The first-order valence-electron chi connectivity index (χ1n) is 26.3. The summed E-state index contributed by atoms with van der Waals surface area (Å²) < 4.78 is 5.86. The molecule has 0 aliphatic heterocycles. The number of amides is 1. The average Bonchev–Trinajstić information content (AvgIpc) is 3.28. The number of allylic oxidation sites excluding steroid dienone is 14. The highest BCUT2D eigenvalue weighted by atomic mass is 16.5. The largest absolute Gasteiger partial charge is 0.462 e. The van der Waals surface area contributed by atoms with Gasteiger partial charge in [0.1, 0.15) is 6.10 Å². The summed E-state index contributed by atoms with van der Waals surface area (Å²) in [6.07, 6.45) is 65.3. The van der Waals surface area contributed by atoms with Gasteiger partial charge in [0.25, 0.3) is 0 Å². The first kappa shape index (κ1) is 60.0. The minimum absolute atomic E-state index is 0.0321. The number of unbranched alkanes of at least 4 members (excludes halogenated alkanes) is 20. The Morgan fingerprint density at radius 1 is 0.476 bits per heavy atom. The van der Waals surface area contributed by atoms with Gasteiger partial charge in [0.2, 0.25) is 5.91 Å². The van der Waals surface area contributed by atoms with E-state index < -0.39 is 18.2 Å². The lowest BCUT2D eigenvalue weighted by Crippen LogP contribution is -2.46. The average molecular weight is 878 g/mol. The highest BCUT2D eigenvalue weighted by Gasteiger charge is 2.24. The van der Waals surface area contributed by atoms with Gasteiger partial charge in [-0.05, 0) is 83.5 Å². The third-order valence-corrected chi connectivity index (χ3v) is 11.5. The molecule has 0 aliphatic carbocycles. The molecule has 0 spiro atoms. The van der Waals surface area contributed by atoms with Crippen LogP contribution < -0.4 is 5.32 Å². The monoisotopic (exact) mass is 878 g/mol. The minimum Gasteiger partial charge on any atom is -0.462 e. The molecule has 0 aliphatic rings. The Labute approximate surface area is 389 Å². The Bertz CT molecular complexity index is 1210. The number of hydrogen-bond donors (Lipinski definition) is 3. The molecular formula is C57H99NO5. The van der Waals surface area contributed by atoms with Crippen LogP contribution in [0.1, 0.15) is 239 Å². The first-order valence-corrected chi connectivity index (χ1v) is 26.3. The summed E-state index contributed by atoms with van der Waals surface area (Å²) in [5.41, 5.74) is 0. The fraction of sp³-hybridized carbons (Fsp3) is 0.719. The molecular weight excluding hydrogens is 779 g/mol. The Balaban J connectivity index is 4.50. The van der Waals surface area contributed by atoms with E-state index >= 15 is 0 Å². The van der Waals surface area contributed by atoms with E-state index in [9.17, 15) is 19.8 Å². The van der Waals surface area contributed by atoms with E-state index in [1.807, 2.05) is 6.08 Å². The molecule has 3 atom stereocenters. The van der Waals surface area contributed by atoms with E-state index in [4.69, 9.17) is 4.74 Å². The molecule has 0 saturated heterocycles. The van der Waals surface area contributed by atoms with Crippen LogP contribution in [0.25, 0.3) is 0 Å². The molecule has 0 saturated carbocycles. The Hall–Kier alpha value is -2.96. The number of hydrogen-bond acceptors (Lipinski definition) is 5. The molecule has 63 heavy (non-hydrogen) atoms. The fourth-order valence-corrected chi connectivity index (χ4v) is 7.52. The highest BCUT2D eigenvalue weighted by molar-refractivity contribution is 5.77. The molecule has 0 heterocycles. The van der Waals surface area contributed by atoms with Crippen LogP contribution in [0.5, 0.6) is 0 Å². The van der Waals surface area contributed by atoms with E-state index in [1.54, 1.807) is 0 Å². The minimum atomic E-state index is -0.807. The molecule has 1 amide bonds. The number of rotatable bonds is 46. The number of ether oxygens (including phenoxy) is 1. The van der Waals surface area contributed by atoms with Crippen molar-refractivity contribution < 1.29 is 24.5 Å². The molecule has 0 radical (unpaired) electrons. The number of esters is 1. The maximum atomic E-state index is 13.2. The van der Waals surface area contributed by atoms with Crippen molar-refractivity contribution in [2.45, 2.75) is 257 Å². The number of aliphatic hydroxyl groups excluding tert-OH is 2. The SMILES string of the molecule is CC/C=C\C/C=C\C/C=C\C/C=C\C/C=C\C/C=C\CCC(=O)OC(CCCCC/C=C\CCC)CC(=O)NC(CO)C(O)CCCCCCCCCCCCCCCCCCC. The van der Waals surface area contributed by atoms with Gasteiger partial charge in [-0.1, -0.05) is 228 Å². The Morgan fingerprint density at radius 2 is 0.889 bits per heavy atom. The van der Waals surface area contributed by atoms with E-state index in [0.29, 0.717) is 19.3 Å².